The summed E-state index contributed by atoms with van der Waals surface area (Å²) in [6.45, 7) is 6.42. The van der Waals surface area contributed by atoms with Gasteiger partial charge in [0.05, 0.1) is 0 Å². The molecule has 0 rings (SSSR count). The van der Waals surface area contributed by atoms with Gasteiger partial charge in [-0.15, -0.1) is 0 Å². The van der Waals surface area contributed by atoms with Gasteiger partial charge in [0.25, 0.3) is 0 Å². The Balaban J connectivity index is 4.24. The number of carbonyl (C=O) groups is 3. The van der Waals surface area contributed by atoms with Crippen molar-refractivity contribution in [2.75, 3.05) is 13.2 Å². The molecule has 0 fully saturated rings. The van der Waals surface area contributed by atoms with E-state index in [1.54, 1.807) is 0 Å². The maximum atomic E-state index is 12.9. The highest BCUT2D eigenvalue weighted by atomic mass is 16.6. The molecule has 0 aliphatic carbocycles. The van der Waals surface area contributed by atoms with E-state index in [2.05, 4.69) is 130 Å². The summed E-state index contributed by atoms with van der Waals surface area (Å²) < 4.78 is 16.9. The van der Waals surface area contributed by atoms with Crippen LogP contribution in [-0.4, -0.2) is 37.2 Å². The molecule has 0 saturated carbocycles. The molecule has 0 amide bonds. The third kappa shape index (κ3) is 62.9. The molecule has 0 bridgehead atoms. The molecule has 0 N–H and O–H groups in total. The van der Waals surface area contributed by atoms with Crippen LogP contribution in [0.1, 0.15) is 310 Å². The van der Waals surface area contributed by atoms with Crippen molar-refractivity contribution in [3.63, 3.8) is 0 Å². The summed E-state index contributed by atoms with van der Waals surface area (Å²) in [5, 5.41) is 0. The fourth-order valence-corrected chi connectivity index (χ4v) is 9.17. The fraction of sp³-hybridized carbons (Fsp3) is 0.708. The Kier molecular flexibility index (Phi) is 62.3. The van der Waals surface area contributed by atoms with Crippen molar-refractivity contribution in [3.8, 4) is 0 Å². The van der Waals surface area contributed by atoms with Crippen LogP contribution in [0, 0.1) is 0 Å². The van der Waals surface area contributed by atoms with Gasteiger partial charge in [0.15, 0.2) is 6.10 Å². The lowest BCUT2D eigenvalue weighted by molar-refractivity contribution is -0.167. The number of unbranched alkanes of at least 4 members (excludes halogenated alkanes) is 30. The molecule has 1 unspecified atom stereocenters. The molecule has 0 aliphatic rings. The molecule has 446 valence electrons. The van der Waals surface area contributed by atoms with Gasteiger partial charge in [-0.2, -0.15) is 0 Å². The zero-order chi connectivity index (χ0) is 56.4. The third-order valence-corrected chi connectivity index (χ3v) is 14.0. The highest BCUT2D eigenvalue weighted by Gasteiger charge is 2.19. The first kappa shape index (κ1) is 74.1. The Labute approximate surface area is 482 Å². The zero-order valence-electron chi connectivity index (χ0n) is 51.2. The van der Waals surface area contributed by atoms with Crippen LogP contribution in [0.15, 0.2) is 109 Å². The van der Waals surface area contributed by atoms with Crippen LogP contribution in [0.25, 0.3) is 0 Å². The Morgan fingerprint density at radius 3 is 0.782 bits per heavy atom. The molecule has 0 radical (unpaired) electrons. The van der Waals surface area contributed by atoms with Crippen LogP contribution >= 0.6 is 0 Å². The van der Waals surface area contributed by atoms with E-state index in [4.69, 9.17) is 14.2 Å². The fourth-order valence-electron chi connectivity index (χ4n) is 9.17. The number of allylic oxidation sites excluding steroid dienone is 18. The van der Waals surface area contributed by atoms with Crippen LogP contribution in [0.5, 0.6) is 0 Å². The van der Waals surface area contributed by atoms with Gasteiger partial charge in [0, 0.05) is 19.3 Å². The minimum Gasteiger partial charge on any atom is -0.462 e. The SMILES string of the molecule is CC/C=C\C/C=C\C/C=C\C/C=C\C/C=C\CCCCCCCCCCCCCC(=O)OCC(COC(=O)CCCCCCCCCCCC)OC(=O)CCCCCCCCCCCC/C=C\C/C=C\C/C=C\C/C=C\CC. The van der Waals surface area contributed by atoms with E-state index < -0.39 is 6.10 Å². The lowest BCUT2D eigenvalue weighted by Gasteiger charge is -2.18. The van der Waals surface area contributed by atoms with Gasteiger partial charge in [-0.05, 0) is 103 Å². The first-order chi connectivity index (χ1) is 38.5. The first-order valence-corrected chi connectivity index (χ1v) is 32.9. The molecule has 78 heavy (non-hydrogen) atoms. The average molecular weight is 1080 g/mol. The first-order valence-electron chi connectivity index (χ1n) is 32.9. The molecule has 0 aromatic heterocycles. The number of hydrogen-bond acceptors (Lipinski definition) is 6. The lowest BCUT2D eigenvalue weighted by atomic mass is 10.0. The topological polar surface area (TPSA) is 78.9 Å². The molecule has 0 aliphatic heterocycles. The second-order valence-electron chi connectivity index (χ2n) is 21.6. The number of rotatable bonds is 59. The minimum absolute atomic E-state index is 0.0782. The third-order valence-electron chi connectivity index (χ3n) is 14.0. The molecule has 0 heterocycles. The highest BCUT2D eigenvalue weighted by Crippen LogP contribution is 2.16. The van der Waals surface area contributed by atoms with E-state index in [1.165, 1.54) is 154 Å². The maximum absolute atomic E-state index is 12.9. The number of carbonyl (C=O) groups excluding carboxylic acids is 3. The number of hydrogen-bond donors (Lipinski definition) is 0. The van der Waals surface area contributed by atoms with Crippen molar-refractivity contribution in [3.05, 3.63) is 109 Å². The molecule has 6 nitrogen and oxygen atoms in total. The lowest BCUT2D eigenvalue weighted by Crippen LogP contribution is -2.30. The molecular formula is C72H122O6. The van der Waals surface area contributed by atoms with Crippen LogP contribution in [0.2, 0.25) is 0 Å². The van der Waals surface area contributed by atoms with Gasteiger partial charge < -0.3 is 14.2 Å². The quantitative estimate of drug-likeness (QED) is 0.0261. The van der Waals surface area contributed by atoms with Crippen molar-refractivity contribution in [1.29, 1.82) is 0 Å². The van der Waals surface area contributed by atoms with Crippen LogP contribution in [0.3, 0.4) is 0 Å². The van der Waals surface area contributed by atoms with Crippen molar-refractivity contribution < 1.29 is 28.6 Å². The van der Waals surface area contributed by atoms with E-state index in [0.717, 1.165) is 116 Å². The summed E-state index contributed by atoms with van der Waals surface area (Å²) >= 11 is 0. The molecule has 0 aromatic carbocycles. The Morgan fingerprint density at radius 2 is 0.500 bits per heavy atom. The van der Waals surface area contributed by atoms with Gasteiger partial charge in [-0.25, -0.2) is 0 Å². The average Bonchev–Trinajstić information content (AvgIpc) is 3.44. The molecule has 1 atom stereocenters. The predicted molar refractivity (Wildman–Crippen MR) is 339 cm³/mol. The normalized spacial score (nSPS) is 12.8. The summed E-state index contributed by atoms with van der Waals surface area (Å²) in [6.07, 6.45) is 89.6. The van der Waals surface area contributed by atoms with E-state index in [-0.39, 0.29) is 31.1 Å². The largest absolute Gasteiger partial charge is 0.462 e. The second-order valence-corrected chi connectivity index (χ2v) is 21.6. The van der Waals surface area contributed by atoms with Crippen molar-refractivity contribution >= 4 is 17.9 Å². The van der Waals surface area contributed by atoms with E-state index in [0.29, 0.717) is 19.3 Å². The summed E-state index contributed by atoms with van der Waals surface area (Å²) in [5.74, 6) is -0.878. The van der Waals surface area contributed by atoms with Gasteiger partial charge in [-0.1, -0.05) is 297 Å². The Morgan fingerprint density at radius 1 is 0.269 bits per heavy atom. The van der Waals surface area contributed by atoms with Gasteiger partial charge >= 0.3 is 17.9 Å². The number of ether oxygens (including phenoxy) is 3. The van der Waals surface area contributed by atoms with E-state index in [9.17, 15) is 14.4 Å². The number of esters is 3. The summed E-state index contributed by atoms with van der Waals surface area (Å²) in [4.78, 5) is 38.3. The van der Waals surface area contributed by atoms with Crippen molar-refractivity contribution in [2.24, 2.45) is 0 Å². The van der Waals surface area contributed by atoms with Crippen LogP contribution in [0.4, 0.5) is 0 Å². The van der Waals surface area contributed by atoms with E-state index >= 15 is 0 Å². The van der Waals surface area contributed by atoms with Gasteiger partial charge in [0.2, 0.25) is 0 Å². The second kappa shape index (κ2) is 65.6. The molecule has 6 heteroatoms. The minimum atomic E-state index is -0.782. The van der Waals surface area contributed by atoms with Crippen molar-refractivity contribution in [2.45, 2.75) is 316 Å². The highest BCUT2D eigenvalue weighted by molar-refractivity contribution is 5.71. The Hall–Kier alpha value is -3.93. The van der Waals surface area contributed by atoms with Gasteiger partial charge in [0.1, 0.15) is 13.2 Å². The summed E-state index contributed by atoms with van der Waals surface area (Å²) in [6, 6.07) is 0. The van der Waals surface area contributed by atoms with E-state index in [1.807, 2.05) is 0 Å². The monoisotopic (exact) mass is 1080 g/mol. The summed E-state index contributed by atoms with van der Waals surface area (Å²) in [5.41, 5.74) is 0. The smallest absolute Gasteiger partial charge is 0.306 e. The van der Waals surface area contributed by atoms with Crippen LogP contribution in [-0.2, 0) is 28.6 Å². The van der Waals surface area contributed by atoms with Crippen molar-refractivity contribution in [1.82, 2.24) is 0 Å². The Bertz CT molecular complexity index is 1570. The van der Waals surface area contributed by atoms with Gasteiger partial charge in [-0.3, -0.25) is 14.4 Å². The predicted octanol–water partition coefficient (Wildman–Crippen LogP) is 22.6. The standard InChI is InChI=1S/C72H122O6/c1-4-7-10-13-16-19-22-24-26-28-30-32-34-35-36-37-39-40-42-44-46-48-50-53-56-59-62-65-71(74)77-68-69(67-76-70(73)64-61-58-55-52-21-18-15-12-9-6-3)78-72(75)66-63-60-57-54-51-49-47-45-43-41-38-33-31-29-27-25-23-20-17-14-11-8-5-2/h7-8,10-11,16-17,19-20,24-27,30-33,35-36,69H,4-6,9,12-15,18,21-23,28-29,34,37-68H2,1-3H3/b10-7-,11-8-,19-16-,20-17-,26-24-,27-25-,32-30-,33-31-,36-35-. The molecule has 0 aromatic rings. The summed E-state index contributed by atoms with van der Waals surface area (Å²) in [7, 11) is 0. The molecular weight excluding hydrogens is 961 g/mol. The van der Waals surface area contributed by atoms with Crippen LogP contribution < -0.4 is 0 Å². The maximum Gasteiger partial charge on any atom is 0.306 e. The molecule has 0 saturated heterocycles. The zero-order valence-corrected chi connectivity index (χ0v) is 51.2. The molecule has 0 spiro atoms.